The highest BCUT2D eigenvalue weighted by Gasteiger charge is 2.13. The predicted octanol–water partition coefficient (Wildman–Crippen LogP) is 2.05. The molecule has 3 N–H and O–H groups in total. The molecule has 5 nitrogen and oxygen atoms in total. The standard InChI is InChI=1S/C9H13N3O2S/c1-9(2,3)10-6-4-5(8(13)14)7(15)12-11-6/h4H,1-3H3,(H,10,11)(H,12,15)(H,13,14). The molecule has 0 aliphatic heterocycles. The van der Waals surface area contributed by atoms with Gasteiger partial charge in [-0.05, 0) is 26.8 Å². The molecule has 1 aromatic heterocycles. The minimum atomic E-state index is -1.06. The van der Waals surface area contributed by atoms with Gasteiger partial charge in [0.15, 0.2) is 0 Å². The number of hydrogen-bond donors (Lipinski definition) is 3. The van der Waals surface area contributed by atoms with Crippen molar-refractivity contribution >= 4 is 24.0 Å². The van der Waals surface area contributed by atoms with Crippen LogP contribution < -0.4 is 5.32 Å². The summed E-state index contributed by atoms with van der Waals surface area (Å²) in [5, 5.41) is 18.3. The molecule has 1 heterocycles. The van der Waals surface area contributed by atoms with Gasteiger partial charge in [-0.25, -0.2) is 4.79 Å². The third-order valence-electron chi connectivity index (χ3n) is 1.54. The van der Waals surface area contributed by atoms with Gasteiger partial charge < -0.3 is 10.4 Å². The van der Waals surface area contributed by atoms with Crippen LogP contribution in [0.4, 0.5) is 5.82 Å². The average molecular weight is 227 g/mol. The van der Waals surface area contributed by atoms with Crippen LogP contribution in [0.1, 0.15) is 31.1 Å². The van der Waals surface area contributed by atoms with Crippen LogP contribution in [0, 0.1) is 4.64 Å². The van der Waals surface area contributed by atoms with E-state index in [1.807, 2.05) is 20.8 Å². The molecule has 6 heteroatoms. The van der Waals surface area contributed by atoms with Crippen LogP contribution >= 0.6 is 12.2 Å². The first-order valence-electron chi connectivity index (χ1n) is 4.41. The average Bonchev–Trinajstić information content (AvgIpc) is 2.05. The largest absolute Gasteiger partial charge is 0.478 e. The monoisotopic (exact) mass is 227 g/mol. The van der Waals surface area contributed by atoms with Crippen molar-refractivity contribution in [2.24, 2.45) is 0 Å². The first-order chi connectivity index (χ1) is 6.79. The summed E-state index contributed by atoms with van der Waals surface area (Å²) in [4.78, 5) is 10.8. The molecule has 0 spiro atoms. The Balaban J connectivity index is 3.09. The highest BCUT2D eigenvalue weighted by atomic mass is 32.1. The van der Waals surface area contributed by atoms with Gasteiger partial charge >= 0.3 is 5.97 Å². The number of carboxylic acid groups (broad SMARTS) is 1. The number of rotatable bonds is 2. The van der Waals surface area contributed by atoms with Crippen LogP contribution in [0.2, 0.25) is 0 Å². The number of anilines is 1. The third kappa shape index (κ3) is 3.32. The van der Waals surface area contributed by atoms with Crippen molar-refractivity contribution in [3.05, 3.63) is 16.3 Å². The van der Waals surface area contributed by atoms with Crippen molar-refractivity contribution in [3.63, 3.8) is 0 Å². The zero-order valence-corrected chi connectivity index (χ0v) is 9.60. The second-order valence-corrected chi connectivity index (χ2v) is 4.58. The van der Waals surface area contributed by atoms with Gasteiger partial charge in [-0.3, -0.25) is 5.10 Å². The molecule has 0 bridgehead atoms. The number of aromatic nitrogens is 2. The van der Waals surface area contributed by atoms with E-state index in [-0.39, 0.29) is 15.7 Å². The lowest BCUT2D eigenvalue weighted by atomic mass is 10.1. The van der Waals surface area contributed by atoms with Gasteiger partial charge in [0.2, 0.25) is 0 Å². The van der Waals surface area contributed by atoms with E-state index in [1.165, 1.54) is 6.07 Å². The van der Waals surface area contributed by atoms with Crippen LogP contribution in [-0.4, -0.2) is 26.8 Å². The summed E-state index contributed by atoms with van der Waals surface area (Å²) in [5.74, 6) is -0.593. The van der Waals surface area contributed by atoms with Gasteiger partial charge in [-0.1, -0.05) is 12.2 Å². The fourth-order valence-corrected chi connectivity index (χ4v) is 1.20. The van der Waals surface area contributed by atoms with E-state index in [9.17, 15) is 4.79 Å². The summed E-state index contributed by atoms with van der Waals surface area (Å²) in [6.45, 7) is 5.87. The zero-order valence-electron chi connectivity index (χ0n) is 8.79. The Bertz CT molecular complexity index is 434. The zero-order chi connectivity index (χ0) is 11.6. The molecule has 0 saturated carbocycles. The van der Waals surface area contributed by atoms with Crippen LogP contribution in [0.3, 0.4) is 0 Å². The number of H-pyrrole nitrogens is 1. The molecule has 0 amide bonds. The Kier molecular flexibility index (Phi) is 3.09. The predicted molar refractivity (Wildman–Crippen MR) is 59.8 cm³/mol. The molecule has 1 aromatic rings. The normalized spacial score (nSPS) is 11.1. The van der Waals surface area contributed by atoms with Crippen molar-refractivity contribution in [2.75, 3.05) is 5.32 Å². The number of nitrogens with one attached hydrogen (secondary N) is 2. The molecule has 0 unspecified atom stereocenters. The molecular formula is C9H13N3O2S. The highest BCUT2D eigenvalue weighted by molar-refractivity contribution is 7.71. The van der Waals surface area contributed by atoms with E-state index in [2.05, 4.69) is 15.5 Å². The summed E-state index contributed by atoms with van der Waals surface area (Å²) < 4.78 is 0.127. The third-order valence-corrected chi connectivity index (χ3v) is 1.85. The molecular weight excluding hydrogens is 214 g/mol. The summed E-state index contributed by atoms with van der Waals surface area (Å²) in [7, 11) is 0. The van der Waals surface area contributed by atoms with Crippen LogP contribution in [0.25, 0.3) is 0 Å². The molecule has 0 aliphatic rings. The van der Waals surface area contributed by atoms with E-state index >= 15 is 0 Å². The number of carboxylic acids is 1. The van der Waals surface area contributed by atoms with Gasteiger partial charge in [0.05, 0.1) is 5.56 Å². The van der Waals surface area contributed by atoms with Crippen LogP contribution in [0.5, 0.6) is 0 Å². The minimum Gasteiger partial charge on any atom is -0.478 e. The Morgan fingerprint density at radius 3 is 2.67 bits per heavy atom. The summed E-state index contributed by atoms with van der Waals surface area (Å²) in [6.07, 6.45) is 0. The SMILES string of the molecule is CC(C)(C)Nc1cc(C(=O)O)c(=S)[nH]n1. The molecule has 1 rings (SSSR count). The van der Waals surface area contributed by atoms with Crippen molar-refractivity contribution in [2.45, 2.75) is 26.3 Å². The second-order valence-electron chi connectivity index (χ2n) is 4.18. The number of aromatic amines is 1. The summed E-state index contributed by atoms with van der Waals surface area (Å²) in [6, 6.07) is 1.42. The Morgan fingerprint density at radius 1 is 1.60 bits per heavy atom. The fraction of sp³-hybridized carbons (Fsp3) is 0.444. The van der Waals surface area contributed by atoms with E-state index in [1.54, 1.807) is 0 Å². The topological polar surface area (TPSA) is 78.0 Å². The summed E-state index contributed by atoms with van der Waals surface area (Å²) in [5.41, 5.74) is -0.133. The van der Waals surface area contributed by atoms with Gasteiger partial charge in [-0.2, -0.15) is 5.10 Å². The number of carbonyl (C=O) groups is 1. The first kappa shape index (κ1) is 11.6. The lowest BCUT2D eigenvalue weighted by Crippen LogP contribution is -2.27. The molecule has 15 heavy (non-hydrogen) atoms. The number of aromatic carboxylic acids is 1. The number of nitrogens with zero attached hydrogens (tertiary/aromatic N) is 1. The van der Waals surface area contributed by atoms with E-state index in [4.69, 9.17) is 17.3 Å². The molecule has 0 saturated heterocycles. The quantitative estimate of drug-likeness (QED) is 0.674. The molecule has 0 atom stereocenters. The molecule has 0 aliphatic carbocycles. The first-order valence-corrected chi connectivity index (χ1v) is 4.81. The molecule has 0 radical (unpaired) electrons. The van der Waals surface area contributed by atoms with Gasteiger partial charge in [-0.15, -0.1) is 0 Å². The second kappa shape index (κ2) is 3.98. The lowest BCUT2D eigenvalue weighted by Gasteiger charge is -2.20. The van der Waals surface area contributed by atoms with Crippen molar-refractivity contribution in [1.29, 1.82) is 0 Å². The van der Waals surface area contributed by atoms with E-state index in [0.717, 1.165) is 0 Å². The van der Waals surface area contributed by atoms with Crippen molar-refractivity contribution in [1.82, 2.24) is 10.2 Å². The van der Waals surface area contributed by atoms with Gasteiger partial charge in [0, 0.05) is 5.54 Å². The lowest BCUT2D eigenvalue weighted by molar-refractivity contribution is 0.0695. The fourth-order valence-electron chi connectivity index (χ4n) is 1.01. The summed E-state index contributed by atoms with van der Waals surface area (Å²) >= 11 is 4.80. The minimum absolute atomic E-state index is 0.0479. The maximum absolute atomic E-state index is 10.8. The van der Waals surface area contributed by atoms with Gasteiger partial charge in [0.1, 0.15) is 10.5 Å². The number of hydrogen-bond acceptors (Lipinski definition) is 4. The van der Waals surface area contributed by atoms with Crippen molar-refractivity contribution < 1.29 is 9.90 Å². The van der Waals surface area contributed by atoms with E-state index in [0.29, 0.717) is 5.82 Å². The van der Waals surface area contributed by atoms with Crippen LogP contribution in [-0.2, 0) is 0 Å². The Hall–Kier alpha value is -1.43. The van der Waals surface area contributed by atoms with Crippen molar-refractivity contribution in [3.8, 4) is 0 Å². The van der Waals surface area contributed by atoms with Gasteiger partial charge in [0.25, 0.3) is 0 Å². The molecule has 0 aromatic carbocycles. The smallest absolute Gasteiger partial charge is 0.338 e. The molecule has 0 fully saturated rings. The van der Waals surface area contributed by atoms with E-state index < -0.39 is 5.97 Å². The Morgan fingerprint density at radius 2 is 2.20 bits per heavy atom. The maximum Gasteiger partial charge on any atom is 0.338 e. The molecule has 82 valence electrons. The van der Waals surface area contributed by atoms with Crippen LogP contribution in [0.15, 0.2) is 6.07 Å². The Labute approximate surface area is 92.5 Å². The highest BCUT2D eigenvalue weighted by Crippen LogP contribution is 2.13. The maximum atomic E-state index is 10.8.